The smallest absolute Gasteiger partial charge is 0.273 e. The molecule has 9 heteroatoms. The number of ether oxygens (including phenoxy) is 1. The average Bonchev–Trinajstić information content (AvgIpc) is 3.49. The molecule has 1 amide bonds. The number of likely N-dealkylation sites (N-methyl/N-ethyl adjacent to an activating group) is 1. The van der Waals surface area contributed by atoms with E-state index in [2.05, 4.69) is 21.3 Å². The van der Waals surface area contributed by atoms with Crippen molar-refractivity contribution in [3.8, 4) is 11.8 Å². The van der Waals surface area contributed by atoms with Crippen molar-refractivity contribution in [3.63, 3.8) is 0 Å². The number of hydrogen-bond acceptors (Lipinski definition) is 8. The van der Waals surface area contributed by atoms with Crippen LogP contribution in [0.1, 0.15) is 35.1 Å². The topological polar surface area (TPSA) is 94.4 Å². The number of benzene rings is 1. The molecule has 1 N–H and O–H groups in total. The van der Waals surface area contributed by atoms with E-state index in [-0.39, 0.29) is 11.9 Å². The van der Waals surface area contributed by atoms with Crippen molar-refractivity contribution in [1.29, 1.82) is 5.26 Å². The van der Waals surface area contributed by atoms with Gasteiger partial charge in [-0.2, -0.15) is 5.26 Å². The molecule has 0 bridgehead atoms. The molecule has 0 spiro atoms. The zero-order valence-electron chi connectivity index (χ0n) is 18.5. The molecule has 170 valence electrons. The quantitative estimate of drug-likeness (QED) is 0.479. The number of nitrogens with one attached hydrogen (secondary N) is 1. The maximum absolute atomic E-state index is 12.7. The van der Waals surface area contributed by atoms with Crippen LogP contribution in [-0.4, -0.2) is 59.0 Å². The van der Waals surface area contributed by atoms with E-state index in [1.165, 1.54) is 11.3 Å². The van der Waals surface area contributed by atoms with Gasteiger partial charge in [-0.25, -0.2) is 9.97 Å². The van der Waals surface area contributed by atoms with Gasteiger partial charge < -0.3 is 15.0 Å². The van der Waals surface area contributed by atoms with Gasteiger partial charge in [0.25, 0.3) is 5.91 Å². The number of pyridine rings is 1. The molecule has 0 radical (unpaired) electrons. The van der Waals surface area contributed by atoms with Crippen LogP contribution >= 0.6 is 11.3 Å². The van der Waals surface area contributed by atoms with Crippen molar-refractivity contribution >= 4 is 28.2 Å². The average molecular weight is 463 g/mol. The van der Waals surface area contributed by atoms with E-state index in [0.29, 0.717) is 36.3 Å². The molecule has 3 aromatic rings. The van der Waals surface area contributed by atoms with Crippen molar-refractivity contribution in [2.45, 2.75) is 18.9 Å². The van der Waals surface area contributed by atoms with Crippen molar-refractivity contribution in [2.24, 2.45) is 0 Å². The van der Waals surface area contributed by atoms with Crippen LogP contribution in [0, 0.1) is 11.3 Å². The summed E-state index contributed by atoms with van der Waals surface area (Å²) in [5, 5.41) is 14.6. The van der Waals surface area contributed by atoms with Crippen LogP contribution in [0.15, 0.2) is 53.9 Å². The van der Waals surface area contributed by atoms with Crippen LogP contribution in [0.25, 0.3) is 0 Å². The molecule has 33 heavy (non-hydrogen) atoms. The maximum atomic E-state index is 12.7. The molecule has 0 saturated carbocycles. The van der Waals surface area contributed by atoms with Gasteiger partial charge in [0.1, 0.15) is 23.9 Å². The van der Waals surface area contributed by atoms with Crippen molar-refractivity contribution < 1.29 is 9.53 Å². The maximum Gasteiger partial charge on any atom is 0.273 e. The van der Waals surface area contributed by atoms with E-state index in [0.717, 1.165) is 30.8 Å². The number of rotatable bonds is 9. The zero-order chi connectivity index (χ0) is 23.0. The normalized spacial score (nSPS) is 15.7. The Hall–Kier alpha value is -3.48. The minimum Gasteiger partial charge on any atom is -0.492 e. The lowest BCUT2D eigenvalue weighted by Crippen LogP contribution is -2.31. The predicted molar refractivity (Wildman–Crippen MR) is 128 cm³/mol. The summed E-state index contributed by atoms with van der Waals surface area (Å²) in [7, 11) is 1.74. The minimum atomic E-state index is -0.157. The summed E-state index contributed by atoms with van der Waals surface area (Å²) in [6.07, 6.45) is 2.06. The number of hydrogen-bond donors (Lipinski definition) is 1. The standard InChI is InChI=1S/C24H26N6O2S/c1-29(15-16-32-18-7-3-2-4-8-18)23(31)20-17-33-24(27-20)28-22-11-5-9-19(26-22)21-10-6-13-30(21)14-12-25/h2-5,7-9,11,17,21H,6,10,13-16H2,1H3,(H,26,27,28)/t21-/m0/s1. The third-order valence-electron chi connectivity index (χ3n) is 5.49. The lowest BCUT2D eigenvalue weighted by Gasteiger charge is -2.21. The van der Waals surface area contributed by atoms with Crippen LogP contribution in [0.2, 0.25) is 0 Å². The van der Waals surface area contributed by atoms with Crippen molar-refractivity contribution in [3.05, 3.63) is 65.3 Å². The van der Waals surface area contributed by atoms with Crippen LogP contribution in [0.4, 0.5) is 10.9 Å². The summed E-state index contributed by atoms with van der Waals surface area (Å²) in [5.74, 6) is 1.30. The van der Waals surface area contributed by atoms with Crippen LogP contribution < -0.4 is 10.1 Å². The second-order valence-corrected chi connectivity index (χ2v) is 8.64. The van der Waals surface area contributed by atoms with E-state index >= 15 is 0 Å². The van der Waals surface area contributed by atoms with Gasteiger partial charge in [0, 0.05) is 12.4 Å². The molecule has 1 aromatic carbocycles. The third kappa shape index (κ3) is 5.86. The number of nitrogens with zero attached hydrogens (tertiary/aromatic N) is 5. The van der Waals surface area contributed by atoms with E-state index < -0.39 is 0 Å². The Bertz CT molecular complexity index is 1110. The van der Waals surface area contributed by atoms with Crippen LogP contribution in [0.3, 0.4) is 0 Å². The van der Waals surface area contributed by atoms with E-state index in [1.807, 2.05) is 48.5 Å². The second kappa shape index (κ2) is 10.9. The summed E-state index contributed by atoms with van der Waals surface area (Å²) in [5.41, 5.74) is 1.33. The number of thiazole rings is 1. The molecule has 0 aliphatic carbocycles. The first kappa shape index (κ1) is 22.7. The highest BCUT2D eigenvalue weighted by Crippen LogP contribution is 2.31. The molecular formula is C24H26N6O2S. The monoisotopic (exact) mass is 462 g/mol. The van der Waals surface area contributed by atoms with Gasteiger partial charge in [-0.05, 0) is 43.7 Å². The summed E-state index contributed by atoms with van der Waals surface area (Å²) < 4.78 is 5.67. The Morgan fingerprint density at radius 3 is 2.94 bits per heavy atom. The largest absolute Gasteiger partial charge is 0.492 e. The van der Waals surface area contributed by atoms with E-state index in [9.17, 15) is 4.79 Å². The highest BCUT2D eigenvalue weighted by Gasteiger charge is 2.26. The molecule has 4 rings (SSSR count). The Balaban J connectivity index is 1.33. The molecular weight excluding hydrogens is 436 g/mol. The summed E-state index contributed by atoms with van der Waals surface area (Å²) in [4.78, 5) is 25.7. The first-order valence-electron chi connectivity index (χ1n) is 10.9. The summed E-state index contributed by atoms with van der Waals surface area (Å²) in [6, 6.07) is 17.7. The summed E-state index contributed by atoms with van der Waals surface area (Å²) in [6.45, 7) is 2.19. The van der Waals surface area contributed by atoms with Crippen molar-refractivity contribution in [2.75, 3.05) is 38.6 Å². The number of likely N-dealkylation sites (tertiary alicyclic amines) is 1. The Labute approximate surface area is 197 Å². The molecule has 1 fully saturated rings. The van der Waals surface area contributed by atoms with Crippen LogP contribution in [0.5, 0.6) is 5.75 Å². The molecule has 2 aromatic heterocycles. The number of anilines is 2. The Kier molecular flexibility index (Phi) is 7.50. The molecule has 1 aliphatic heterocycles. The number of aromatic nitrogens is 2. The van der Waals surface area contributed by atoms with E-state index in [1.54, 1.807) is 17.3 Å². The highest BCUT2D eigenvalue weighted by atomic mass is 32.1. The molecule has 3 heterocycles. The van der Waals surface area contributed by atoms with Crippen molar-refractivity contribution in [1.82, 2.24) is 19.8 Å². The van der Waals surface area contributed by atoms with Gasteiger partial charge in [-0.1, -0.05) is 24.3 Å². The van der Waals surface area contributed by atoms with Gasteiger partial charge in [0.2, 0.25) is 0 Å². The van der Waals surface area contributed by atoms with Gasteiger partial charge >= 0.3 is 0 Å². The molecule has 1 aliphatic rings. The number of amides is 1. The lowest BCUT2D eigenvalue weighted by atomic mass is 10.1. The number of nitriles is 1. The lowest BCUT2D eigenvalue weighted by molar-refractivity contribution is 0.0769. The van der Waals surface area contributed by atoms with Gasteiger partial charge in [-0.15, -0.1) is 11.3 Å². The fraction of sp³-hybridized carbons (Fsp3) is 0.333. The first-order chi connectivity index (χ1) is 16.1. The zero-order valence-corrected chi connectivity index (χ0v) is 19.3. The number of carbonyl (C=O) groups excluding carboxylic acids is 1. The van der Waals surface area contributed by atoms with Crippen LogP contribution in [-0.2, 0) is 0 Å². The molecule has 1 atom stereocenters. The fourth-order valence-corrected chi connectivity index (χ4v) is 4.49. The molecule has 0 unspecified atom stereocenters. The number of para-hydroxylation sites is 1. The second-order valence-electron chi connectivity index (χ2n) is 7.79. The highest BCUT2D eigenvalue weighted by molar-refractivity contribution is 7.14. The molecule has 8 nitrogen and oxygen atoms in total. The SMILES string of the molecule is CN(CCOc1ccccc1)C(=O)c1csc(Nc2cccc([C@@H]3CCCN3CC#N)n2)n1. The first-order valence-corrected chi connectivity index (χ1v) is 11.8. The number of carbonyl (C=O) groups is 1. The minimum absolute atomic E-state index is 0.157. The Morgan fingerprint density at radius 2 is 2.12 bits per heavy atom. The van der Waals surface area contributed by atoms with Gasteiger partial charge in [0.05, 0.1) is 30.9 Å². The molecule has 1 saturated heterocycles. The van der Waals surface area contributed by atoms with Gasteiger partial charge in [0.15, 0.2) is 5.13 Å². The van der Waals surface area contributed by atoms with E-state index in [4.69, 9.17) is 15.0 Å². The summed E-state index contributed by atoms with van der Waals surface area (Å²) >= 11 is 1.36. The Morgan fingerprint density at radius 1 is 1.27 bits per heavy atom. The third-order valence-corrected chi connectivity index (χ3v) is 6.25. The predicted octanol–water partition coefficient (Wildman–Crippen LogP) is 4.09. The fourth-order valence-electron chi connectivity index (χ4n) is 3.80. The van der Waals surface area contributed by atoms with Gasteiger partial charge in [-0.3, -0.25) is 9.69 Å².